The first-order chi connectivity index (χ1) is 9.36. The smallest absolute Gasteiger partial charge is 0.0195 e. The van der Waals surface area contributed by atoms with Gasteiger partial charge in [-0.05, 0) is 49.9 Å². The zero-order valence-electron chi connectivity index (χ0n) is 12.1. The molecule has 0 spiro atoms. The molecule has 1 heterocycles. The molecule has 3 rings (SSSR count). The lowest BCUT2D eigenvalue weighted by molar-refractivity contribution is 0.227. The van der Waals surface area contributed by atoms with Gasteiger partial charge in [-0.2, -0.15) is 0 Å². The van der Waals surface area contributed by atoms with E-state index < -0.39 is 0 Å². The van der Waals surface area contributed by atoms with Gasteiger partial charge in [0, 0.05) is 25.0 Å². The minimum absolute atomic E-state index is 0.738. The highest BCUT2D eigenvalue weighted by atomic mass is 15.2. The Morgan fingerprint density at radius 2 is 2.16 bits per heavy atom. The molecule has 2 atom stereocenters. The molecule has 104 valence electrons. The molecule has 1 saturated heterocycles. The lowest BCUT2D eigenvalue weighted by atomic mass is 9.77. The van der Waals surface area contributed by atoms with Crippen LogP contribution in [0, 0.1) is 0 Å². The first kappa shape index (κ1) is 13.1. The number of hydrogen-bond donors (Lipinski definition) is 1. The zero-order valence-corrected chi connectivity index (χ0v) is 12.1. The Kier molecular flexibility index (Phi) is 4.19. The van der Waals surface area contributed by atoms with E-state index in [1.165, 1.54) is 51.9 Å². The monoisotopic (exact) mass is 258 g/mol. The van der Waals surface area contributed by atoms with Crippen LogP contribution < -0.4 is 5.32 Å². The summed E-state index contributed by atoms with van der Waals surface area (Å²) in [7, 11) is 0. The summed E-state index contributed by atoms with van der Waals surface area (Å²) in [5.41, 5.74) is 3.17. The van der Waals surface area contributed by atoms with Crippen LogP contribution in [0.1, 0.15) is 43.2 Å². The average molecular weight is 258 g/mol. The molecule has 2 heteroatoms. The summed E-state index contributed by atoms with van der Waals surface area (Å²) in [6.45, 7) is 7.26. The number of fused-ring (bicyclic) bond motifs is 1. The Balaban J connectivity index is 1.56. The van der Waals surface area contributed by atoms with E-state index in [1.807, 2.05) is 0 Å². The number of hydrogen-bond acceptors (Lipinski definition) is 2. The molecule has 0 bridgehead atoms. The summed E-state index contributed by atoms with van der Waals surface area (Å²) in [6.07, 6.45) is 5.27. The molecular formula is C17H26N2. The number of nitrogens with one attached hydrogen (secondary N) is 1. The number of nitrogens with zero attached hydrogens (tertiary/aromatic N) is 1. The molecule has 2 nitrogen and oxygen atoms in total. The van der Waals surface area contributed by atoms with Gasteiger partial charge in [0.2, 0.25) is 0 Å². The van der Waals surface area contributed by atoms with Crippen molar-refractivity contribution < 1.29 is 0 Å². The molecule has 1 aromatic carbocycles. The standard InChI is InChI=1S/C17H26N2/c1-2-10-19(13-16-7-5-9-18-16)12-15-11-14-6-3-4-8-17(14)15/h3-4,6,8,15-16,18H,2,5,7,9-13H2,1H3. The highest BCUT2D eigenvalue weighted by Gasteiger charge is 2.28. The van der Waals surface area contributed by atoms with Crippen LogP contribution in [0.15, 0.2) is 24.3 Å². The maximum absolute atomic E-state index is 3.63. The maximum atomic E-state index is 3.63. The summed E-state index contributed by atoms with van der Waals surface area (Å²) < 4.78 is 0. The van der Waals surface area contributed by atoms with Gasteiger partial charge in [-0.1, -0.05) is 31.2 Å². The molecule has 0 radical (unpaired) electrons. The van der Waals surface area contributed by atoms with Crippen molar-refractivity contribution in [3.63, 3.8) is 0 Å². The van der Waals surface area contributed by atoms with E-state index in [0.29, 0.717) is 0 Å². The van der Waals surface area contributed by atoms with E-state index in [2.05, 4.69) is 41.4 Å². The lowest BCUT2D eigenvalue weighted by Gasteiger charge is -2.35. The third-order valence-corrected chi connectivity index (χ3v) is 4.62. The van der Waals surface area contributed by atoms with Crippen LogP contribution in [0.2, 0.25) is 0 Å². The topological polar surface area (TPSA) is 15.3 Å². The summed E-state index contributed by atoms with van der Waals surface area (Å²) in [5, 5.41) is 3.63. The molecule has 19 heavy (non-hydrogen) atoms. The Bertz CT molecular complexity index is 409. The largest absolute Gasteiger partial charge is 0.313 e. The van der Waals surface area contributed by atoms with Crippen LogP contribution in [0.4, 0.5) is 0 Å². The minimum atomic E-state index is 0.738. The molecule has 2 unspecified atom stereocenters. The lowest BCUT2D eigenvalue weighted by Crippen LogP contribution is -2.41. The molecule has 1 aliphatic heterocycles. The van der Waals surface area contributed by atoms with Crippen molar-refractivity contribution in [3.05, 3.63) is 35.4 Å². The van der Waals surface area contributed by atoms with Gasteiger partial charge in [-0.3, -0.25) is 0 Å². The molecule has 0 aromatic heterocycles. The second-order valence-corrected chi connectivity index (χ2v) is 6.15. The predicted molar refractivity (Wildman–Crippen MR) is 80.6 cm³/mol. The van der Waals surface area contributed by atoms with Crippen LogP contribution in [0.5, 0.6) is 0 Å². The van der Waals surface area contributed by atoms with Gasteiger partial charge in [0.15, 0.2) is 0 Å². The van der Waals surface area contributed by atoms with Crippen molar-refractivity contribution in [3.8, 4) is 0 Å². The van der Waals surface area contributed by atoms with E-state index >= 15 is 0 Å². The zero-order chi connectivity index (χ0) is 13.1. The fraction of sp³-hybridized carbons (Fsp3) is 0.647. The summed E-state index contributed by atoms with van der Waals surface area (Å²) >= 11 is 0. The van der Waals surface area contributed by atoms with E-state index in [9.17, 15) is 0 Å². The minimum Gasteiger partial charge on any atom is -0.313 e. The second-order valence-electron chi connectivity index (χ2n) is 6.15. The maximum Gasteiger partial charge on any atom is 0.0195 e. The summed E-state index contributed by atoms with van der Waals surface area (Å²) in [4.78, 5) is 2.68. The summed E-state index contributed by atoms with van der Waals surface area (Å²) in [6, 6.07) is 9.70. The number of rotatable bonds is 6. The quantitative estimate of drug-likeness (QED) is 0.844. The SMILES string of the molecule is CCCN(CC1CCCN1)CC1Cc2ccccc21. The van der Waals surface area contributed by atoms with Crippen molar-refractivity contribution in [2.75, 3.05) is 26.2 Å². The second kappa shape index (κ2) is 6.06. The van der Waals surface area contributed by atoms with Gasteiger partial charge in [-0.15, -0.1) is 0 Å². The molecule has 1 N–H and O–H groups in total. The molecule has 1 fully saturated rings. The van der Waals surface area contributed by atoms with Crippen molar-refractivity contribution >= 4 is 0 Å². The number of benzene rings is 1. The molecule has 1 aromatic rings. The Labute approximate surface area is 117 Å². The normalized spacial score (nSPS) is 25.4. The first-order valence-electron chi connectivity index (χ1n) is 7.90. The van der Waals surface area contributed by atoms with Gasteiger partial charge >= 0.3 is 0 Å². The molecule has 1 aliphatic carbocycles. The van der Waals surface area contributed by atoms with Gasteiger partial charge in [-0.25, -0.2) is 0 Å². The molecule has 0 amide bonds. The van der Waals surface area contributed by atoms with Gasteiger partial charge in [0.1, 0.15) is 0 Å². The molecule has 0 saturated carbocycles. The third kappa shape index (κ3) is 3.01. The van der Waals surface area contributed by atoms with Gasteiger partial charge in [0.25, 0.3) is 0 Å². The third-order valence-electron chi connectivity index (χ3n) is 4.62. The van der Waals surface area contributed by atoms with E-state index in [0.717, 1.165) is 12.0 Å². The van der Waals surface area contributed by atoms with Crippen molar-refractivity contribution in [2.24, 2.45) is 0 Å². The van der Waals surface area contributed by atoms with Crippen LogP contribution in [-0.2, 0) is 6.42 Å². The van der Waals surface area contributed by atoms with Crippen LogP contribution >= 0.6 is 0 Å². The predicted octanol–water partition coefficient (Wildman–Crippen LogP) is 2.79. The molecule has 2 aliphatic rings. The summed E-state index contributed by atoms with van der Waals surface area (Å²) in [5.74, 6) is 0.782. The Morgan fingerprint density at radius 3 is 2.89 bits per heavy atom. The van der Waals surface area contributed by atoms with Crippen molar-refractivity contribution in [2.45, 2.75) is 44.6 Å². The van der Waals surface area contributed by atoms with Crippen LogP contribution in [-0.4, -0.2) is 37.1 Å². The molecular weight excluding hydrogens is 232 g/mol. The average Bonchev–Trinajstić information content (AvgIpc) is 2.89. The van der Waals surface area contributed by atoms with E-state index in [-0.39, 0.29) is 0 Å². The first-order valence-corrected chi connectivity index (χ1v) is 7.90. The van der Waals surface area contributed by atoms with Crippen molar-refractivity contribution in [1.82, 2.24) is 10.2 Å². The van der Waals surface area contributed by atoms with Gasteiger partial charge < -0.3 is 10.2 Å². The Hall–Kier alpha value is -0.860. The fourth-order valence-electron chi connectivity index (χ4n) is 3.63. The van der Waals surface area contributed by atoms with E-state index in [4.69, 9.17) is 0 Å². The van der Waals surface area contributed by atoms with Gasteiger partial charge in [0.05, 0.1) is 0 Å². The Morgan fingerprint density at radius 1 is 1.26 bits per heavy atom. The highest BCUT2D eigenvalue weighted by molar-refractivity contribution is 5.40. The van der Waals surface area contributed by atoms with Crippen LogP contribution in [0.3, 0.4) is 0 Å². The van der Waals surface area contributed by atoms with Crippen LogP contribution in [0.25, 0.3) is 0 Å². The highest BCUT2D eigenvalue weighted by Crippen LogP contribution is 2.35. The van der Waals surface area contributed by atoms with E-state index in [1.54, 1.807) is 11.1 Å². The fourth-order valence-corrected chi connectivity index (χ4v) is 3.63. The van der Waals surface area contributed by atoms with Crippen molar-refractivity contribution in [1.29, 1.82) is 0 Å².